The maximum atomic E-state index is 13.6. The van der Waals surface area contributed by atoms with E-state index in [0.29, 0.717) is 52.2 Å². The van der Waals surface area contributed by atoms with E-state index in [9.17, 15) is 19.2 Å². The van der Waals surface area contributed by atoms with Crippen molar-refractivity contribution < 1.29 is 28.7 Å². The lowest BCUT2D eigenvalue weighted by Gasteiger charge is -2.27. The molecule has 0 unspecified atom stereocenters. The van der Waals surface area contributed by atoms with Gasteiger partial charge >= 0.3 is 0 Å². The molecule has 0 radical (unpaired) electrons. The molecule has 218 valence electrons. The SMILES string of the molecule is C[C@H](NC(=O)CN1CCOCC1)C(=O)N[C@@H](CCc1ccccc1)C(=O)N[C@@H](CC1=CCCC1)C(=O)[C@@]1(C)CO1. The number of benzene rings is 1. The fraction of sp³-hybridized carbons (Fsp3) is 0.600. The molecule has 2 saturated heterocycles. The van der Waals surface area contributed by atoms with Crippen LogP contribution in [-0.2, 0) is 35.1 Å². The third-order valence-corrected chi connectivity index (χ3v) is 7.77. The molecule has 0 spiro atoms. The van der Waals surface area contributed by atoms with Crippen molar-refractivity contribution in [2.45, 2.75) is 76.1 Å². The minimum atomic E-state index is -0.882. The predicted octanol–water partition coefficient (Wildman–Crippen LogP) is 1.28. The first kappa shape index (κ1) is 29.9. The number of epoxide rings is 1. The Morgan fingerprint density at radius 2 is 1.70 bits per heavy atom. The summed E-state index contributed by atoms with van der Waals surface area (Å²) in [7, 11) is 0. The van der Waals surface area contributed by atoms with Gasteiger partial charge in [-0.3, -0.25) is 24.1 Å². The number of nitrogens with one attached hydrogen (secondary N) is 3. The van der Waals surface area contributed by atoms with E-state index in [1.165, 1.54) is 0 Å². The van der Waals surface area contributed by atoms with Crippen LogP contribution in [0.1, 0.15) is 51.5 Å². The highest BCUT2D eigenvalue weighted by molar-refractivity contribution is 5.98. The zero-order valence-electron chi connectivity index (χ0n) is 23.6. The minimum absolute atomic E-state index is 0.148. The Bertz CT molecular complexity index is 1080. The summed E-state index contributed by atoms with van der Waals surface area (Å²) in [5.41, 5.74) is 1.31. The number of nitrogens with zero attached hydrogens (tertiary/aromatic N) is 1. The summed E-state index contributed by atoms with van der Waals surface area (Å²) < 4.78 is 10.7. The second kappa shape index (κ2) is 14.0. The van der Waals surface area contributed by atoms with Crippen molar-refractivity contribution in [2.24, 2.45) is 0 Å². The van der Waals surface area contributed by atoms with E-state index >= 15 is 0 Å². The maximum absolute atomic E-state index is 13.6. The molecular formula is C30H42N4O6. The van der Waals surface area contributed by atoms with Gasteiger partial charge in [0, 0.05) is 13.1 Å². The molecule has 4 rings (SSSR count). The standard InChI is InChI=1S/C30H42N4O6/c1-21(31-26(35)19-34-14-16-39-17-15-34)28(37)32-24(13-12-22-8-4-3-5-9-22)29(38)33-25(18-23-10-6-7-11-23)27(36)30(2)20-40-30/h3-5,8-10,21,24-25H,6-7,11-20H2,1-2H3,(H,31,35)(H,32,37)(H,33,38)/t21-,24-,25-,30+/m0/s1. The van der Waals surface area contributed by atoms with Crippen molar-refractivity contribution in [3.63, 3.8) is 0 Å². The van der Waals surface area contributed by atoms with E-state index in [1.807, 2.05) is 35.2 Å². The van der Waals surface area contributed by atoms with Crippen LogP contribution in [0.2, 0.25) is 0 Å². The molecule has 2 aliphatic heterocycles. The summed E-state index contributed by atoms with van der Waals surface area (Å²) in [6, 6.07) is 7.26. The van der Waals surface area contributed by atoms with Crippen LogP contribution < -0.4 is 16.0 Å². The van der Waals surface area contributed by atoms with Crippen molar-refractivity contribution in [1.82, 2.24) is 20.9 Å². The van der Waals surface area contributed by atoms with Crippen molar-refractivity contribution in [3.8, 4) is 0 Å². The summed E-state index contributed by atoms with van der Waals surface area (Å²) in [4.78, 5) is 54.5. The second-order valence-corrected chi connectivity index (χ2v) is 11.2. The van der Waals surface area contributed by atoms with Crippen LogP contribution in [-0.4, -0.2) is 91.6 Å². The molecule has 0 saturated carbocycles. The summed E-state index contributed by atoms with van der Waals surface area (Å²) >= 11 is 0. The number of aryl methyl sites for hydroxylation is 1. The van der Waals surface area contributed by atoms with E-state index in [4.69, 9.17) is 9.47 Å². The fourth-order valence-corrected chi connectivity index (χ4v) is 5.12. The Balaban J connectivity index is 1.40. The zero-order valence-corrected chi connectivity index (χ0v) is 23.6. The number of Topliss-reactive ketones (excluding diaryl/α,β-unsaturated/α-hetero) is 1. The van der Waals surface area contributed by atoms with Crippen LogP contribution >= 0.6 is 0 Å². The Morgan fingerprint density at radius 3 is 2.35 bits per heavy atom. The fourth-order valence-electron chi connectivity index (χ4n) is 5.12. The Morgan fingerprint density at radius 1 is 1.00 bits per heavy atom. The molecule has 1 aromatic carbocycles. The normalized spacial score (nSPS) is 22.9. The van der Waals surface area contributed by atoms with Crippen LogP contribution in [0.4, 0.5) is 0 Å². The van der Waals surface area contributed by atoms with Crippen molar-refractivity contribution >= 4 is 23.5 Å². The third-order valence-electron chi connectivity index (χ3n) is 7.77. The van der Waals surface area contributed by atoms with Gasteiger partial charge in [0.25, 0.3) is 0 Å². The van der Waals surface area contributed by atoms with E-state index in [2.05, 4.69) is 22.0 Å². The highest BCUT2D eigenvalue weighted by Gasteiger charge is 2.50. The molecule has 2 fully saturated rings. The van der Waals surface area contributed by atoms with Crippen LogP contribution in [0, 0.1) is 0 Å². The summed E-state index contributed by atoms with van der Waals surface area (Å²) in [5, 5.41) is 8.50. The number of ketones is 1. The highest BCUT2D eigenvalue weighted by atomic mass is 16.6. The molecule has 1 aromatic rings. The van der Waals surface area contributed by atoms with Gasteiger partial charge in [-0.05, 0) is 57.9 Å². The van der Waals surface area contributed by atoms with Crippen molar-refractivity contribution in [2.75, 3.05) is 39.5 Å². The van der Waals surface area contributed by atoms with Gasteiger partial charge in [0.1, 0.15) is 17.7 Å². The number of morpholine rings is 1. The lowest BCUT2D eigenvalue weighted by atomic mass is 9.94. The van der Waals surface area contributed by atoms with Crippen molar-refractivity contribution in [1.29, 1.82) is 0 Å². The quantitative estimate of drug-likeness (QED) is 0.233. The number of allylic oxidation sites excluding steroid dienone is 1. The smallest absolute Gasteiger partial charge is 0.243 e. The van der Waals surface area contributed by atoms with E-state index < -0.39 is 35.5 Å². The van der Waals surface area contributed by atoms with Gasteiger partial charge in [-0.2, -0.15) is 0 Å². The van der Waals surface area contributed by atoms with Gasteiger partial charge in [-0.15, -0.1) is 0 Å². The zero-order chi connectivity index (χ0) is 28.5. The maximum Gasteiger partial charge on any atom is 0.243 e. The van der Waals surface area contributed by atoms with Gasteiger partial charge < -0.3 is 25.4 Å². The number of carbonyl (C=O) groups is 4. The second-order valence-electron chi connectivity index (χ2n) is 11.2. The average Bonchev–Trinajstić information content (AvgIpc) is 3.49. The molecule has 0 aromatic heterocycles. The molecule has 40 heavy (non-hydrogen) atoms. The van der Waals surface area contributed by atoms with Crippen LogP contribution in [0.5, 0.6) is 0 Å². The Labute approximate surface area is 236 Å². The molecule has 2 heterocycles. The Kier molecular flexibility index (Phi) is 10.5. The first-order chi connectivity index (χ1) is 19.2. The van der Waals surface area contributed by atoms with E-state index in [0.717, 1.165) is 30.4 Å². The largest absolute Gasteiger partial charge is 0.379 e. The van der Waals surface area contributed by atoms with Gasteiger partial charge in [-0.1, -0.05) is 42.0 Å². The topological polar surface area (TPSA) is 129 Å². The number of ether oxygens (including phenoxy) is 2. The van der Waals surface area contributed by atoms with Crippen LogP contribution in [0.25, 0.3) is 0 Å². The highest BCUT2D eigenvalue weighted by Crippen LogP contribution is 2.31. The molecule has 3 aliphatic rings. The van der Waals surface area contributed by atoms with Gasteiger partial charge in [0.15, 0.2) is 5.78 Å². The molecule has 3 N–H and O–H groups in total. The number of carbonyl (C=O) groups excluding carboxylic acids is 4. The van der Waals surface area contributed by atoms with Gasteiger partial charge in [-0.25, -0.2) is 0 Å². The van der Waals surface area contributed by atoms with E-state index in [-0.39, 0.29) is 18.2 Å². The summed E-state index contributed by atoms with van der Waals surface area (Å²) in [6.07, 6.45) is 6.41. The first-order valence-corrected chi connectivity index (χ1v) is 14.3. The molecule has 10 heteroatoms. The average molecular weight is 555 g/mol. The monoisotopic (exact) mass is 554 g/mol. The van der Waals surface area contributed by atoms with Crippen LogP contribution in [0.15, 0.2) is 42.0 Å². The predicted molar refractivity (Wildman–Crippen MR) is 149 cm³/mol. The van der Waals surface area contributed by atoms with E-state index in [1.54, 1.807) is 13.8 Å². The molecule has 3 amide bonds. The number of hydrogen-bond donors (Lipinski definition) is 3. The summed E-state index contributed by atoms with van der Waals surface area (Å²) in [5.74, 6) is -1.28. The van der Waals surface area contributed by atoms with Crippen LogP contribution in [0.3, 0.4) is 0 Å². The molecular weight excluding hydrogens is 512 g/mol. The van der Waals surface area contributed by atoms with Crippen molar-refractivity contribution in [3.05, 3.63) is 47.5 Å². The first-order valence-electron chi connectivity index (χ1n) is 14.3. The molecule has 10 nitrogen and oxygen atoms in total. The molecule has 4 atom stereocenters. The number of amides is 3. The molecule has 0 bridgehead atoms. The molecule has 1 aliphatic carbocycles. The van der Waals surface area contributed by atoms with Gasteiger partial charge in [0.05, 0.1) is 32.4 Å². The third kappa shape index (κ3) is 8.71. The minimum Gasteiger partial charge on any atom is -0.379 e. The number of hydrogen-bond acceptors (Lipinski definition) is 7. The lowest BCUT2D eigenvalue weighted by Crippen LogP contribution is -2.56. The van der Waals surface area contributed by atoms with Gasteiger partial charge in [0.2, 0.25) is 17.7 Å². The Hall–Kier alpha value is -3.08. The summed E-state index contributed by atoms with van der Waals surface area (Å²) in [6.45, 7) is 6.34. The lowest BCUT2D eigenvalue weighted by molar-refractivity contribution is -0.134. The number of rotatable bonds is 14.